The molecule has 0 aromatic heterocycles. The Morgan fingerprint density at radius 1 is 0.793 bits per heavy atom. The molecule has 1 N–H and O–H groups in total. The lowest BCUT2D eigenvalue weighted by atomic mass is 10.0. The average Bonchev–Trinajstić information content (AvgIpc) is 2.66. The van der Waals surface area contributed by atoms with Crippen molar-refractivity contribution < 1.29 is 23.0 Å². The minimum atomic E-state index is -3.90. The van der Waals surface area contributed by atoms with E-state index < -0.39 is 7.82 Å². The van der Waals surface area contributed by atoms with Crippen molar-refractivity contribution in [1.82, 2.24) is 0 Å². The van der Waals surface area contributed by atoms with Crippen LogP contribution in [0.3, 0.4) is 0 Å². The third-order valence-corrected chi connectivity index (χ3v) is 7.22. The normalized spacial score (nSPS) is 19.3. The Kier molecular flexibility index (Phi) is 14.8. The van der Waals surface area contributed by atoms with E-state index in [0.717, 1.165) is 43.3 Å². The minimum absolute atomic E-state index is 0.145. The van der Waals surface area contributed by atoms with Gasteiger partial charge in [0.05, 0.1) is 39.9 Å². The summed E-state index contributed by atoms with van der Waals surface area (Å²) < 4.78 is 23.6. The van der Waals surface area contributed by atoms with Gasteiger partial charge >= 0.3 is 7.82 Å². The molecule has 1 heterocycles. The molecule has 1 atom stereocenters. The first kappa shape index (κ1) is 27.1. The van der Waals surface area contributed by atoms with Crippen molar-refractivity contribution in [3.8, 4) is 0 Å². The molecule has 0 aliphatic carbocycles. The minimum Gasteiger partial charge on any atom is -0.328 e. The number of quaternary nitrogens is 1. The fourth-order valence-electron chi connectivity index (χ4n) is 4.04. The van der Waals surface area contributed by atoms with E-state index in [2.05, 4.69) is 21.0 Å². The van der Waals surface area contributed by atoms with Gasteiger partial charge in [0.1, 0.15) is 0 Å². The van der Waals surface area contributed by atoms with Gasteiger partial charge in [0.2, 0.25) is 0 Å². The topological polar surface area (TPSA) is 55.8 Å². The average molecular weight is 435 g/mol. The van der Waals surface area contributed by atoms with E-state index >= 15 is 0 Å². The summed E-state index contributed by atoms with van der Waals surface area (Å²) >= 11 is 0. The first-order chi connectivity index (χ1) is 13.8. The van der Waals surface area contributed by atoms with Crippen molar-refractivity contribution in [3.63, 3.8) is 0 Å². The Morgan fingerprint density at radius 3 is 1.66 bits per heavy atom. The van der Waals surface area contributed by atoms with E-state index in [9.17, 15) is 9.46 Å². The lowest BCUT2D eigenvalue weighted by Gasteiger charge is -2.37. The Morgan fingerprint density at radius 2 is 1.21 bits per heavy atom. The van der Waals surface area contributed by atoms with Crippen LogP contribution in [-0.4, -0.2) is 49.3 Å². The molecule has 0 bridgehead atoms. The highest BCUT2D eigenvalue weighted by Gasteiger charge is 2.32. The summed E-state index contributed by atoms with van der Waals surface area (Å²) in [4.78, 5) is 9.91. The third-order valence-electron chi connectivity index (χ3n) is 6.15. The molecule has 1 saturated heterocycles. The number of nitrogens with zero attached hydrogens (tertiary/aromatic N) is 1. The molecule has 1 unspecified atom stereocenters. The van der Waals surface area contributed by atoms with Crippen molar-refractivity contribution in [2.24, 2.45) is 0 Å². The van der Waals surface area contributed by atoms with Crippen molar-refractivity contribution in [3.05, 3.63) is 0 Å². The second-order valence-electron chi connectivity index (χ2n) is 9.59. The van der Waals surface area contributed by atoms with Crippen LogP contribution in [0.2, 0.25) is 0 Å². The summed E-state index contributed by atoms with van der Waals surface area (Å²) in [6, 6.07) is 0. The first-order valence-corrected chi connectivity index (χ1v) is 13.8. The van der Waals surface area contributed by atoms with Gasteiger partial charge in [0, 0.05) is 12.8 Å². The molecule has 1 aliphatic heterocycles. The summed E-state index contributed by atoms with van der Waals surface area (Å²) in [6.07, 6.45) is 19.6. The number of phosphoric ester groups is 1. The Labute approximate surface area is 180 Å². The number of phosphoric acid groups is 1. The standard InChI is InChI=1S/C23H48NO4P/c1-4-5-6-7-8-9-10-11-12-13-14-15-16-17-22-27-29(25,26)28-23-18-20-24(2,3)21-19-23/h23H,4-22H2,1-3H3/p+1. The molecule has 0 saturated carbocycles. The molecule has 0 aromatic rings. The molecule has 174 valence electrons. The first-order valence-electron chi connectivity index (χ1n) is 12.3. The maximum absolute atomic E-state index is 12.1. The Balaban J connectivity index is 1.87. The second-order valence-corrected chi connectivity index (χ2v) is 11.0. The number of unbranched alkanes of at least 4 members (excludes halogenated alkanes) is 13. The number of hydrogen-bond acceptors (Lipinski definition) is 3. The summed E-state index contributed by atoms with van der Waals surface area (Å²) in [6.45, 7) is 4.54. The van der Waals surface area contributed by atoms with Gasteiger partial charge in [-0.2, -0.15) is 0 Å². The SMILES string of the molecule is CCCCCCCCCCCCCCCCOP(=O)(O)OC1CC[N+](C)(C)CC1. The van der Waals surface area contributed by atoms with Gasteiger partial charge in [0.15, 0.2) is 0 Å². The summed E-state index contributed by atoms with van der Waals surface area (Å²) in [7, 11) is 0.467. The van der Waals surface area contributed by atoms with E-state index in [-0.39, 0.29) is 6.10 Å². The van der Waals surface area contributed by atoms with E-state index in [1.54, 1.807) is 0 Å². The fourth-order valence-corrected chi connectivity index (χ4v) is 5.05. The van der Waals surface area contributed by atoms with Gasteiger partial charge in [-0.25, -0.2) is 4.57 Å². The highest BCUT2D eigenvalue weighted by Crippen LogP contribution is 2.46. The van der Waals surface area contributed by atoms with Crippen LogP contribution < -0.4 is 0 Å². The lowest BCUT2D eigenvalue weighted by molar-refractivity contribution is -0.896. The molecule has 1 rings (SSSR count). The third kappa shape index (κ3) is 15.5. The van der Waals surface area contributed by atoms with E-state index in [1.807, 2.05) is 0 Å². The van der Waals surface area contributed by atoms with Gasteiger partial charge in [-0.15, -0.1) is 0 Å². The van der Waals surface area contributed by atoms with Gasteiger partial charge in [-0.05, 0) is 6.42 Å². The van der Waals surface area contributed by atoms with Crippen LogP contribution in [0.15, 0.2) is 0 Å². The zero-order chi connectivity index (χ0) is 21.4. The van der Waals surface area contributed by atoms with Crippen LogP contribution in [0, 0.1) is 0 Å². The van der Waals surface area contributed by atoms with E-state index in [0.29, 0.717) is 6.61 Å². The molecule has 6 heteroatoms. The molecule has 0 radical (unpaired) electrons. The Bertz CT molecular complexity index is 435. The smallest absolute Gasteiger partial charge is 0.328 e. The van der Waals surface area contributed by atoms with Crippen LogP contribution in [0.1, 0.15) is 110 Å². The van der Waals surface area contributed by atoms with Crippen molar-refractivity contribution >= 4 is 7.82 Å². The zero-order valence-electron chi connectivity index (χ0n) is 19.6. The highest BCUT2D eigenvalue weighted by atomic mass is 31.2. The van der Waals surface area contributed by atoms with Gasteiger partial charge in [-0.3, -0.25) is 9.05 Å². The molecule has 1 fully saturated rings. The molecule has 29 heavy (non-hydrogen) atoms. The Hall–Kier alpha value is 0.0700. The summed E-state index contributed by atoms with van der Waals surface area (Å²) in [5.74, 6) is 0. The summed E-state index contributed by atoms with van der Waals surface area (Å²) in [5, 5.41) is 0. The number of piperidine rings is 1. The molecule has 0 amide bonds. The molecule has 5 nitrogen and oxygen atoms in total. The lowest BCUT2D eigenvalue weighted by Crippen LogP contribution is -2.47. The quantitative estimate of drug-likeness (QED) is 0.146. The highest BCUT2D eigenvalue weighted by molar-refractivity contribution is 7.47. The summed E-state index contributed by atoms with van der Waals surface area (Å²) in [5.41, 5.74) is 0. The molecule has 0 spiro atoms. The number of hydrogen-bond donors (Lipinski definition) is 1. The number of likely N-dealkylation sites (tertiary alicyclic amines) is 1. The van der Waals surface area contributed by atoms with Gasteiger partial charge in [-0.1, -0.05) is 90.4 Å². The maximum Gasteiger partial charge on any atom is 0.472 e. The van der Waals surface area contributed by atoms with Crippen LogP contribution in [0.4, 0.5) is 0 Å². The van der Waals surface area contributed by atoms with Crippen LogP contribution in [0.25, 0.3) is 0 Å². The van der Waals surface area contributed by atoms with Gasteiger partial charge < -0.3 is 9.38 Å². The maximum atomic E-state index is 12.1. The van der Waals surface area contributed by atoms with Crippen molar-refractivity contribution in [2.45, 2.75) is 116 Å². The van der Waals surface area contributed by atoms with Gasteiger partial charge in [0.25, 0.3) is 0 Å². The van der Waals surface area contributed by atoms with E-state index in [4.69, 9.17) is 9.05 Å². The number of rotatable bonds is 18. The molecule has 0 aromatic carbocycles. The molecule has 1 aliphatic rings. The predicted octanol–water partition coefficient (Wildman–Crippen LogP) is 6.84. The van der Waals surface area contributed by atoms with Crippen molar-refractivity contribution in [2.75, 3.05) is 33.8 Å². The molecular formula is C23H49NO4P+. The van der Waals surface area contributed by atoms with Crippen LogP contribution >= 0.6 is 7.82 Å². The largest absolute Gasteiger partial charge is 0.472 e. The predicted molar refractivity (Wildman–Crippen MR) is 122 cm³/mol. The molecular weight excluding hydrogens is 385 g/mol. The van der Waals surface area contributed by atoms with Crippen molar-refractivity contribution in [1.29, 1.82) is 0 Å². The van der Waals surface area contributed by atoms with Crippen LogP contribution in [0.5, 0.6) is 0 Å². The fraction of sp³-hybridized carbons (Fsp3) is 1.00. The second kappa shape index (κ2) is 15.8. The zero-order valence-corrected chi connectivity index (χ0v) is 20.5. The monoisotopic (exact) mass is 434 g/mol. The van der Waals surface area contributed by atoms with Crippen LogP contribution in [-0.2, 0) is 13.6 Å². The van der Waals surface area contributed by atoms with E-state index in [1.165, 1.54) is 77.0 Å².